The third kappa shape index (κ3) is 3.86. The van der Waals surface area contributed by atoms with E-state index >= 15 is 0 Å². The molecule has 1 aromatic carbocycles. The summed E-state index contributed by atoms with van der Waals surface area (Å²) in [6, 6.07) is 3.41. The van der Waals surface area contributed by atoms with Crippen molar-refractivity contribution < 1.29 is 19.0 Å². The van der Waals surface area contributed by atoms with Crippen LogP contribution in [0.3, 0.4) is 0 Å². The van der Waals surface area contributed by atoms with Crippen LogP contribution in [0.15, 0.2) is 12.1 Å². The summed E-state index contributed by atoms with van der Waals surface area (Å²) in [5, 5.41) is 0. The highest BCUT2D eigenvalue weighted by Gasteiger charge is 2.17. The number of benzene rings is 1. The average molecular weight is 267 g/mol. The molecule has 0 saturated carbocycles. The van der Waals surface area contributed by atoms with E-state index in [1.165, 1.54) is 7.11 Å². The molecule has 0 bridgehead atoms. The lowest BCUT2D eigenvalue weighted by Crippen LogP contribution is -2.15. The summed E-state index contributed by atoms with van der Waals surface area (Å²) in [6.07, 6.45) is 0.794. The van der Waals surface area contributed by atoms with E-state index in [0.29, 0.717) is 12.2 Å². The van der Waals surface area contributed by atoms with E-state index in [2.05, 4.69) is 4.74 Å². The van der Waals surface area contributed by atoms with Crippen molar-refractivity contribution >= 4 is 5.97 Å². The molecule has 0 radical (unpaired) electrons. The summed E-state index contributed by atoms with van der Waals surface area (Å²) in [6.45, 7) is 1.94. The Hall–Kier alpha value is -1.75. The molecule has 1 rings (SSSR count). The number of ether oxygens (including phenoxy) is 3. The van der Waals surface area contributed by atoms with E-state index in [-0.39, 0.29) is 18.4 Å². The summed E-state index contributed by atoms with van der Waals surface area (Å²) in [5.74, 6) is 1.13. The first-order chi connectivity index (χ1) is 9.03. The van der Waals surface area contributed by atoms with Gasteiger partial charge < -0.3 is 19.9 Å². The highest BCUT2D eigenvalue weighted by molar-refractivity contribution is 5.69. The molecule has 5 heteroatoms. The van der Waals surface area contributed by atoms with Gasteiger partial charge in [0.2, 0.25) is 0 Å². The molecular weight excluding hydrogens is 246 g/mol. The number of hydrogen-bond acceptors (Lipinski definition) is 5. The van der Waals surface area contributed by atoms with Gasteiger partial charge in [0.25, 0.3) is 0 Å². The molecule has 0 saturated heterocycles. The third-order valence-corrected chi connectivity index (χ3v) is 3.04. The number of carbonyl (C=O) groups excluding carboxylic acids is 1. The van der Waals surface area contributed by atoms with Gasteiger partial charge in [-0.3, -0.25) is 4.79 Å². The van der Waals surface area contributed by atoms with Crippen LogP contribution in [0.5, 0.6) is 11.5 Å². The minimum Gasteiger partial charge on any atom is -0.497 e. The topological polar surface area (TPSA) is 70.8 Å². The number of hydrogen-bond donors (Lipinski definition) is 1. The van der Waals surface area contributed by atoms with Crippen molar-refractivity contribution in [2.45, 2.75) is 25.8 Å². The Balaban J connectivity index is 2.95. The van der Waals surface area contributed by atoms with Crippen molar-refractivity contribution in [1.29, 1.82) is 0 Å². The second kappa shape index (κ2) is 6.99. The van der Waals surface area contributed by atoms with Crippen LogP contribution in [0.1, 0.15) is 30.0 Å². The fourth-order valence-electron chi connectivity index (χ4n) is 2.02. The van der Waals surface area contributed by atoms with Crippen LogP contribution < -0.4 is 15.2 Å². The maximum atomic E-state index is 11.2. The average Bonchev–Trinajstić information content (AvgIpc) is 2.42. The molecule has 0 aromatic heterocycles. The number of aryl methyl sites for hydroxylation is 1. The molecule has 5 nitrogen and oxygen atoms in total. The van der Waals surface area contributed by atoms with Gasteiger partial charge in [-0.15, -0.1) is 0 Å². The van der Waals surface area contributed by atoms with E-state index in [9.17, 15) is 4.79 Å². The number of methoxy groups -OCH3 is 3. The van der Waals surface area contributed by atoms with Gasteiger partial charge >= 0.3 is 5.97 Å². The summed E-state index contributed by atoms with van der Waals surface area (Å²) < 4.78 is 15.2. The first-order valence-corrected chi connectivity index (χ1v) is 6.08. The molecule has 0 aliphatic carbocycles. The monoisotopic (exact) mass is 267 g/mol. The van der Waals surface area contributed by atoms with Crippen molar-refractivity contribution in [3.8, 4) is 11.5 Å². The molecule has 0 fully saturated rings. The predicted octanol–water partition coefficient (Wildman–Crippen LogP) is 1.97. The molecule has 19 heavy (non-hydrogen) atoms. The largest absolute Gasteiger partial charge is 0.497 e. The lowest BCUT2D eigenvalue weighted by molar-refractivity contribution is -0.140. The molecular formula is C14H21NO4. The van der Waals surface area contributed by atoms with Gasteiger partial charge in [-0.05, 0) is 25.0 Å². The molecule has 0 aliphatic rings. The number of esters is 1. The van der Waals surface area contributed by atoms with Crippen LogP contribution in [0.25, 0.3) is 0 Å². The third-order valence-electron chi connectivity index (χ3n) is 3.04. The van der Waals surface area contributed by atoms with Gasteiger partial charge in [-0.2, -0.15) is 0 Å². The van der Waals surface area contributed by atoms with E-state index in [0.717, 1.165) is 16.9 Å². The van der Waals surface area contributed by atoms with Crippen LogP contribution >= 0.6 is 0 Å². The van der Waals surface area contributed by atoms with Crippen LogP contribution in [0.2, 0.25) is 0 Å². The zero-order valence-corrected chi connectivity index (χ0v) is 11.9. The predicted molar refractivity (Wildman–Crippen MR) is 72.5 cm³/mol. The lowest BCUT2D eigenvalue weighted by Gasteiger charge is -2.19. The Bertz CT molecular complexity index is 445. The number of rotatable bonds is 6. The van der Waals surface area contributed by atoms with Gasteiger partial charge in [-0.25, -0.2) is 0 Å². The summed E-state index contributed by atoms with van der Waals surface area (Å²) >= 11 is 0. The summed E-state index contributed by atoms with van der Waals surface area (Å²) in [5.41, 5.74) is 8.01. The Morgan fingerprint density at radius 3 is 2.47 bits per heavy atom. The fourth-order valence-corrected chi connectivity index (χ4v) is 2.02. The normalized spacial score (nSPS) is 11.8. The van der Waals surface area contributed by atoms with Gasteiger partial charge in [-0.1, -0.05) is 0 Å². The molecule has 106 valence electrons. The Kier molecular flexibility index (Phi) is 5.63. The van der Waals surface area contributed by atoms with E-state index in [1.807, 2.05) is 13.0 Å². The Morgan fingerprint density at radius 2 is 1.95 bits per heavy atom. The highest BCUT2D eigenvalue weighted by Crippen LogP contribution is 2.33. The van der Waals surface area contributed by atoms with Gasteiger partial charge in [0, 0.05) is 24.1 Å². The van der Waals surface area contributed by atoms with Crippen LogP contribution in [0.4, 0.5) is 0 Å². The molecule has 2 N–H and O–H groups in total. The van der Waals surface area contributed by atoms with Crippen molar-refractivity contribution in [3.05, 3.63) is 23.3 Å². The molecule has 0 amide bonds. The van der Waals surface area contributed by atoms with E-state index in [4.69, 9.17) is 15.2 Å². The van der Waals surface area contributed by atoms with Gasteiger partial charge in [0.05, 0.1) is 21.3 Å². The first-order valence-electron chi connectivity index (χ1n) is 6.08. The van der Waals surface area contributed by atoms with Gasteiger partial charge in [0.15, 0.2) is 0 Å². The maximum absolute atomic E-state index is 11.2. The SMILES string of the molecule is COC(=O)CCC(N)c1c(C)cc(OC)cc1OC. The van der Waals surface area contributed by atoms with Crippen molar-refractivity contribution in [1.82, 2.24) is 0 Å². The van der Waals surface area contributed by atoms with Crippen LogP contribution in [0, 0.1) is 6.92 Å². The van der Waals surface area contributed by atoms with Gasteiger partial charge in [0.1, 0.15) is 11.5 Å². The van der Waals surface area contributed by atoms with E-state index in [1.54, 1.807) is 20.3 Å². The molecule has 1 unspecified atom stereocenters. The Labute approximate surface area is 113 Å². The minimum absolute atomic E-state index is 0.263. The smallest absolute Gasteiger partial charge is 0.305 e. The van der Waals surface area contributed by atoms with Crippen molar-refractivity contribution in [3.63, 3.8) is 0 Å². The zero-order chi connectivity index (χ0) is 14.4. The molecule has 0 heterocycles. The van der Waals surface area contributed by atoms with E-state index < -0.39 is 0 Å². The molecule has 1 atom stereocenters. The lowest BCUT2D eigenvalue weighted by atomic mass is 9.96. The Morgan fingerprint density at radius 1 is 1.26 bits per heavy atom. The second-order valence-corrected chi connectivity index (χ2v) is 4.28. The maximum Gasteiger partial charge on any atom is 0.305 e. The summed E-state index contributed by atoms with van der Waals surface area (Å²) in [4.78, 5) is 11.2. The first kappa shape index (κ1) is 15.3. The van der Waals surface area contributed by atoms with Crippen LogP contribution in [-0.4, -0.2) is 27.3 Å². The number of nitrogens with two attached hydrogens (primary N) is 1. The molecule has 1 aromatic rings. The molecule has 0 spiro atoms. The fraction of sp³-hybridized carbons (Fsp3) is 0.500. The van der Waals surface area contributed by atoms with Crippen molar-refractivity contribution in [2.75, 3.05) is 21.3 Å². The summed E-state index contributed by atoms with van der Waals surface area (Å²) in [7, 11) is 4.56. The zero-order valence-electron chi connectivity index (χ0n) is 11.9. The standard InChI is InChI=1S/C14H21NO4/c1-9-7-10(17-2)8-12(18-3)14(9)11(15)5-6-13(16)19-4/h7-8,11H,5-6,15H2,1-4H3. The highest BCUT2D eigenvalue weighted by atomic mass is 16.5. The van der Waals surface area contributed by atoms with Crippen LogP contribution in [-0.2, 0) is 9.53 Å². The van der Waals surface area contributed by atoms with Crippen molar-refractivity contribution in [2.24, 2.45) is 5.73 Å². The molecule has 0 aliphatic heterocycles. The quantitative estimate of drug-likeness (QED) is 0.798. The minimum atomic E-state index is -0.278. The second-order valence-electron chi connectivity index (χ2n) is 4.28. The number of carbonyl (C=O) groups is 1.